The third-order valence-corrected chi connectivity index (χ3v) is 8.89. The van der Waals surface area contributed by atoms with Gasteiger partial charge in [0.2, 0.25) is 0 Å². The molecular formula is C28H31F4N3O4S2. The van der Waals surface area contributed by atoms with Crippen molar-refractivity contribution in [3.8, 4) is 17.6 Å². The second-order valence-corrected chi connectivity index (χ2v) is 12.9. The highest BCUT2D eigenvalue weighted by Gasteiger charge is 2.32. The van der Waals surface area contributed by atoms with Crippen molar-refractivity contribution in [2.45, 2.75) is 36.1 Å². The first-order valence-corrected chi connectivity index (χ1v) is 15.6. The van der Waals surface area contributed by atoms with Crippen LogP contribution >= 0.6 is 11.3 Å². The fourth-order valence-electron chi connectivity index (χ4n) is 4.60. The molecule has 0 amide bonds. The molecule has 41 heavy (non-hydrogen) atoms. The lowest BCUT2D eigenvalue weighted by Crippen LogP contribution is -2.46. The predicted molar refractivity (Wildman–Crippen MR) is 154 cm³/mol. The van der Waals surface area contributed by atoms with Crippen LogP contribution in [0.1, 0.15) is 16.9 Å². The van der Waals surface area contributed by atoms with Gasteiger partial charge in [-0.05, 0) is 42.6 Å². The summed E-state index contributed by atoms with van der Waals surface area (Å²) in [4.78, 5) is 2.20. The van der Waals surface area contributed by atoms with Gasteiger partial charge >= 0.3 is 6.18 Å². The molecule has 3 N–H and O–H groups in total. The van der Waals surface area contributed by atoms with E-state index in [2.05, 4.69) is 22.5 Å². The second kappa shape index (κ2) is 12.9. The minimum absolute atomic E-state index is 0.0254. The Morgan fingerprint density at radius 2 is 2.00 bits per heavy atom. The molecule has 222 valence electrons. The lowest BCUT2D eigenvalue weighted by atomic mass is 10.0. The van der Waals surface area contributed by atoms with E-state index in [1.54, 1.807) is 18.2 Å². The van der Waals surface area contributed by atoms with E-state index in [1.807, 2.05) is 11.9 Å². The number of aliphatic hydroxyl groups is 1. The van der Waals surface area contributed by atoms with E-state index in [-0.39, 0.29) is 47.4 Å². The summed E-state index contributed by atoms with van der Waals surface area (Å²) in [5.74, 6) is 5.90. The number of piperidine rings is 1. The molecule has 7 nitrogen and oxygen atoms in total. The topological polar surface area (TPSA) is 90.9 Å². The average Bonchev–Trinajstić information content (AvgIpc) is 3.23. The van der Waals surface area contributed by atoms with Gasteiger partial charge in [0.05, 0.1) is 51.5 Å². The Labute approximate surface area is 240 Å². The van der Waals surface area contributed by atoms with E-state index in [1.165, 1.54) is 18.2 Å². The molecule has 2 aromatic carbocycles. The van der Waals surface area contributed by atoms with Crippen LogP contribution in [-0.4, -0.2) is 83.0 Å². The molecule has 1 fully saturated rings. The van der Waals surface area contributed by atoms with Crippen molar-refractivity contribution in [1.82, 2.24) is 4.90 Å². The van der Waals surface area contributed by atoms with Crippen molar-refractivity contribution >= 4 is 42.6 Å². The van der Waals surface area contributed by atoms with E-state index >= 15 is 0 Å². The first-order valence-electron chi connectivity index (χ1n) is 12.9. The smallest absolute Gasteiger partial charge is 0.393 e. The largest absolute Gasteiger partial charge is 0.489 e. The van der Waals surface area contributed by atoms with Gasteiger partial charge in [0.25, 0.3) is 0 Å². The van der Waals surface area contributed by atoms with Crippen molar-refractivity contribution in [1.29, 1.82) is 0 Å². The molecule has 1 aromatic heterocycles. The summed E-state index contributed by atoms with van der Waals surface area (Å²) >= 11 is 1.13. The number of ether oxygens (including phenoxy) is 1. The third kappa shape index (κ3) is 8.03. The highest BCUT2D eigenvalue weighted by molar-refractivity contribution is 7.90. The van der Waals surface area contributed by atoms with Crippen LogP contribution in [0.5, 0.6) is 5.75 Å². The fourth-order valence-corrected chi connectivity index (χ4v) is 6.41. The number of nitrogens with one attached hydrogen (secondary N) is 2. The number of hydrogen-bond donors (Lipinski definition) is 3. The Morgan fingerprint density at radius 1 is 1.22 bits per heavy atom. The zero-order chi connectivity index (χ0) is 29.8. The van der Waals surface area contributed by atoms with Crippen molar-refractivity contribution in [3.05, 3.63) is 46.8 Å². The zero-order valence-corrected chi connectivity index (χ0v) is 24.1. The molecule has 2 heterocycles. The van der Waals surface area contributed by atoms with Crippen molar-refractivity contribution in [2.75, 3.05) is 56.8 Å². The van der Waals surface area contributed by atoms with Crippen LogP contribution in [0, 0.1) is 11.8 Å². The molecule has 0 aliphatic carbocycles. The van der Waals surface area contributed by atoms with Gasteiger partial charge in [0.15, 0.2) is 9.84 Å². The van der Waals surface area contributed by atoms with Crippen molar-refractivity contribution in [2.24, 2.45) is 0 Å². The standard InChI is InChI=1S/C28H31F4N3O4S2/c1-35-12-10-22(21(29)17-35)34-24-6-3-5-19-20(16-28(30,31)32)26(40-27(19)24)7-4-11-33-23-9-8-18(41(2,37)38)15-25(23)39-14-13-36/h3,5-6,8-9,15,21-22,33-34,36H,10-14,16-17H2,1-2H3. The van der Waals surface area contributed by atoms with Crippen LogP contribution in [0.2, 0.25) is 0 Å². The van der Waals surface area contributed by atoms with E-state index in [9.17, 15) is 26.0 Å². The number of likely N-dealkylation sites (tertiary alicyclic amines) is 1. The van der Waals surface area contributed by atoms with Crippen LogP contribution in [0.3, 0.4) is 0 Å². The summed E-state index contributed by atoms with van der Waals surface area (Å²) in [5.41, 5.74) is 1.06. The summed E-state index contributed by atoms with van der Waals surface area (Å²) in [6, 6.07) is 8.80. The molecular weight excluding hydrogens is 582 g/mol. The molecule has 1 saturated heterocycles. The Hall–Kier alpha value is -3.05. The molecule has 0 saturated carbocycles. The van der Waals surface area contributed by atoms with Gasteiger partial charge in [0.1, 0.15) is 18.5 Å². The molecule has 0 radical (unpaired) electrons. The molecule has 0 bridgehead atoms. The van der Waals surface area contributed by atoms with Gasteiger partial charge in [-0.2, -0.15) is 13.2 Å². The number of anilines is 2. The van der Waals surface area contributed by atoms with Gasteiger partial charge in [-0.15, -0.1) is 11.3 Å². The fraction of sp³-hybridized carbons (Fsp3) is 0.429. The van der Waals surface area contributed by atoms with Crippen LogP contribution in [0.4, 0.5) is 28.9 Å². The number of thiophene rings is 1. The SMILES string of the molecule is CN1CCC(Nc2cccc3c(CC(F)(F)F)c(C#CCNc4ccc(S(C)(=O)=O)cc4OCCO)sc23)C(F)C1. The number of nitrogens with zero attached hydrogens (tertiary/aromatic N) is 1. The normalized spacial score (nSPS) is 18.1. The molecule has 13 heteroatoms. The van der Waals surface area contributed by atoms with Gasteiger partial charge in [-0.3, -0.25) is 0 Å². The van der Waals surface area contributed by atoms with Gasteiger partial charge in [-0.1, -0.05) is 24.0 Å². The van der Waals surface area contributed by atoms with E-state index in [0.717, 1.165) is 17.6 Å². The maximum absolute atomic E-state index is 14.7. The van der Waals surface area contributed by atoms with Crippen LogP contribution in [0.15, 0.2) is 41.3 Å². The maximum atomic E-state index is 14.7. The minimum atomic E-state index is -4.45. The van der Waals surface area contributed by atoms with Gasteiger partial charge < -0.3 is 25.4 Å². The first-order chi connectivity index (χ1) is 19.4. The van der Waals surface area contributed by atoms with Crippen LogP contribution in [0.25, 0.3) is 10.1 Å². The zero-order valence-electron chi connectivity index (χ0n) is 22.5. The number of rotatable bonds is 9. The number of fused-ring (bicyclic) bond motifs is 1. The summed E-state index contributed by atoms with van der Waals surface area (Å²) < 4.78 is 85.2. The minimum Gasteiger partial charge on any atom is -0.489 e. The average molecular weight is 614 g/mol. The lowest BCUT2D eigenvalue weighted by Gasteiger charge is -2.33. The predicted octanol–water partition coefficient (Wildman–Crippen LogP) is 4.70. The molecule has 0 spiro atoms. The highest BCUT2D eigenvalue weighted by Crippen LogP contribution is 2.39. The number of sulfone groups is 1. The summed E-state index contributed by atoms with van der Waals surface area (Å²) in [7, 11) is -1.65. The molecule has 1 aliphatic rings. The molecule has 3 aromatic rings. The van der Waals surface area contributed by atoms with E-state index < -0.39 is 34.6 Å². The molecule has 4 rings (SSSR count). The number of alkyl halides is 4. The number of halogens is 4. The quantitative estimate of drug-likeness (QED) is 0.238. The summed E-state index contributed by atoms with van der Waals surface area (Å²) in [6.07, 6.45) is -5.08. The summed E-state index contributed by atoms with van der Waals surface area (Å²) in [5, 5.41) is 15.7. The Kier molecular flexibility index (Phi) is 9.69. The van der Waals surface area contributed by atoms with Crippen LogP contribution < -0.4 is 15.4 Å². The molecule has 2 atom stereocenters. The van der Waals surface area contributed by atoms with E-state index in [0.29, 0.717) is 34.4 Å². The third-order valence-electron chi connectivity index (χ3n) is 6.58. The first kappa shape index (κ1) is 30.9. The van der Waals surface area contributed by atoms with Gasteiger partial charge in [-0.25, -0.2) is 12.8 Å². The van der Waals surface area contributed by atoms with Gasteiger partial charge in [0, 0.05) is 25.4 Å². The Morgan fingerprint density at radius 3 is 2.68 bits per heavy atom. The summed E-state index contributed by atoms with van der Waals surface area (Å²) in [6.45, 7) is 0.679. The molecule has 1 aliphatic heterocycles. The maximum Gasteiger partial charge on any atom is 0.393 e. The monoisotopic (exact) mass is 613 g/mol. The Bertz CT molecular complexity index is 1550. The second-order valence-electron chi connectivity index (χ2n) is 9.86. The highest BCUT2D eigenvalue weighted by atomic mass is 32.2. The van der Waals surface area contributed by atoms with E-state index in [4.69, 9.17) is 9.84 Å². The Balaban J connectivity index is 1.61. The van der Waals surface area contributed by atoms with Crippen LogP contribution in [-0.2, 0) is 16.3 Å². The van der Waals surface area contributed by atoms with Crippen molar-refractivity contribution < 1.29 is 35.8 Å². The van der Waals surface area contributed by atoms with Crippen molar-refractivity contribution in [3.63, 3.8) is 0 Å². The number of hydrogen-bond acceptors (Lipinski definition) is 8. The lowest BCUT2D eigenvalue weighted by molar-refractivity contribution is -0.126. The molecule has 2 unspecified atom stereocenters. The number of aliphatic hydroxyl groups excluding tert-OH is 1. The number of benzene rings is 2.